The Kier molecular flexibility index (Phi) is 5.43. The van der Waals surface area contributed by atoms with Crippen molar-refractivity contribution in [3.63, 3.8) is 0 Å². The summed E-state index contributed by atoms with van der Waals surface area (Å²) in [6, 6.07) is 4.90. The van der Waals surface area contributed by atoms with Gasteiger partial charge in [-0.3, -0.25) is 14.5 Å². The molecule has 0 bridgehead atoms. The molecule has 2 unspecified atom stereocenters. The van der Waals surface area contributed by atoms with E-state index < -0.39 is 6.04 Å². The Morgan fingerprint density at radius 2 is 2.08 bits per heavy atom. The number of cyclic esters (lactones) is 1. The number of rotatable bonds is 5. The van der Waals surface area contributed by atoms with Crippen molar-refractivity contribution >= 4 is 17.6 Å². The standard InChI is InChI=1S/C18H24N2O5/c1-23-15-7-6-12(9-16(15)24-2)19-17(21)10-14-18(22)25-11-13-5-3-4-8-20(13)14/h6-7,9,13-14H,3-5,8,10-11H2,1-2H3,(H,19,21). The van der Waals surface area contributed by atoms with E-state index in [0.29, 0.717) is 23.8 Å². The van der Waals surface area contributed by atoms with E-state index in [9.17, 15) is 9.59 Å². The summed E-state index contributed by atoms with van der Waals surface area (Å²) in [6.45, 7) is 1.28. The number of carbonyl (C=O) groups is 2. The minimum atomic E-state index is -0.501. The average molecular weight is 348 g/mol. The quantitative estimate of drug-likeness (QED) is 0.818. The monoisotopic (exact) mass is 348 g/mol. The third kappa shape index (κ3) is 3.87. The van der Waals surface area contributed by atoms with Gasteiger partial charge in [0.1, 0.15) is 12.6 Å². The Morgan fingerprint density at radius 1 is 1.28 bits per heavy atom. The fourth-order valence-electron chi connectivity index (χ4n) is 3.52. The van der Waals surface area contributed by atoms with Crippen molar-refractivity contribution in [3.05, 3.63) is 18.2 Å². The first-order valence-electron chi connectivity index (χ1n) is 8.56. The molecular formula is C18H24N2O5. The highest BCUT2D eigenvalue weighted by Gasteiger charge is 2.40. The molecule has 2 heterocycles. The van der Waals surface area contributed by atoms with Crippen molar-refractivity contribution in [2.45, 2.75) is 37.8 Å². The van der Waals surface area contributed by atoms with Gasteiger partial charge in [0.25, 0.3) is 0 Å². The van der Waals surface area contributed by atoms with E-state index in [-0.39, 0.29) is 24.3 Å². The summed E-state index contributed by atoms with van der Waals surface area (Å²) in [7, 11) is 3.10. The van der Waals surface area contributed by atoms with Crippen LogP contribution < -0.4 is 14.8 Å². The molecule has 7 heteroatoms. The molecule has 2 atom stereocenters. The summed E-state index contributed by atoms with van der Waals surface area (Å²) in [5.41, 5.74) is 0.599. The smallest absolute Gasteiger partial charge is 0.323 e. The van der Waals surface area contributed by atoms with Gasteiger partial charge in [-0.25, -0.2) is 0 Å². The van der Waals surface area contributed by atoms with Crippen LogP contribution in [0.15, 0.2) is 18.2 Å². The molecule has 1 aromatic carbocycles. The van der Waals surface area contributed by atoms with E-state index in [2.05, 4.69) is 10.2 Å². The number of fused-ring (bicyclic) bond motifs is 1. The molecule has 1 N–H and O–H groups in total. The predicted molar refractivity (Wildman–Crippen MR) is 91.9 cm³/mol. The zero-order chi connectivity index (χ0) is 17.8. The van der Waals surface area contributed by atoms with Crippen molar-refractivity contribution in [3.8, 4) is 11.5 Å². The second-order valence-electron chi connectivity index (χ2n) is 6.36. The van der Waals surface area contributed by atoms with Gasteiger partial charge in [-0.15, -0.1) is 0 Å². The molecule has 0 radical (unpaired) electrons. The van der Waals surface area contributed by atoms with E-state index >= 15 is 0 Å². The van der Waals surface area contributed by atoms with Crippen LogP contribution in [0.4, 0.5) is 5.69 Å². The van der Waals surface area contributed by atoms with Gasteiger partial charge in [0, 0.05) is 17.8 Å². The SMILES string of the molecule is COc1ccc(NC(=O)CC2C(=O)OCC3CCCCN32)cc1OC. The molecule has 2 saturated heterocycles. The maximum atomic E-state index is 12.4. The number of hydrogen-bond acceptors (Lipinski definition) is 6. The van der Waals surface area contributed by atoms with Crippen molar-refractivity contribution in [2.24, 2.45) is 0 Å². The van der Waals surface area contributed by atoms with Crippen LogP contribution in [0.25, 0.3) is 0 Å². The molecule has 0 aliphatic carbocycles. The van der Waals surface area contributed by atoms with Crippen molar-refractivity contribution in [1.29, 1.82) is 0 Å². The van der Waals surface area contributed by atoms with Crippen LogP contribution in [0.5, 0.6) is 11.5 Å². The fraction of sp³-hybridized carbons (Fsp3) is 0.556. The lowest BCUT2D eigenvalue weighted by Gasteiger charge is -2.43. The van der Waals surface area contributed by atoms with E-state index in [1.807, 2.05) is 0 Å². The molecule has 0 aromatic heterocycles. The lowest BCUT2D eigenvalue weighted by molar-refractivity contribution is -0.165. The van der Waals surface area contributed by atoms with Gasteiger partial charge in [-0.2, -0.15) is 0 Å². The second-order valence-corrected chi connectivity index (χ2v) is 6.36. The summed E-state index contributed by atoms with van der Waals surface area (Å²) >= 11 is 0. The van der Waals surface area contributed by atoms with E-state index in [4.69, 9.17) is 14.2 Å². The highest BCUT2D eigenvalue weighted by molar-refractivity contribution is 5.94. The van der Waals surface area contributed by atoms with Crippen molar-refractivity contribution in [2.75, 3.05) is 32.7 Å². The molecule has 3 rings (SSSR count). The number of methoxy groups -OCH3 is 2. The van der Waals surface area contributed by atoms with Gasteiger partial charge in [-0.05, 0) is 31.5 Å². The summed E-state index contributed by atoms with van der Waals surface area (Å²) < 4.78 is 15.7. The third-order valence-electron chi connectivity index (χ3n) is 4.81. The van der Waals surface area contributed by atoms with Crippen LogP contribution in [0.3, 0.4) is 0 Å². The molecule has 1 amide bonds. The molecule has 2 aliphatic heterocycles. The van der Waals surface area contributed by atoms with Gasteiger partial charge >= 0.3 is 5.97 Å². The minimum absolute atomic E-state index is 0.0870. The Bertz CT molecular complexity index is 648. The number of amides is 1. The normalized spacial score (nSPS) is 23.4. The molecule has 25 heavy (non-hydrogen) atoms. The minimum Gasteiger partial charge on any atom is -0.493 e. The van der Waals surface area contributed by atoms with E-state index in [1.165, 1.54) is 7.11 Å². The number of nitrogens with zero attached hydrogens (tertiary/aromatic N) is 1. The molecule has 2 aliphatic rings. The zero-order valence-corrected chi connectivity index (χ0v) is 14.6. The van der Waals surface area contributed by atoms with Crippen LogP contribution in [0.1, 0.15) is 25.7 Å². The zero-order valence-electron chi connectivity index (χ0n) is 14.6. The van der Waals surface area contributed by atoms with E-state index in [1.54, 1.807) is 25.3 Å². The number of morpholine rings is 1. The van der Waals surface area contributed by atoms with Gasteiger partial charge in [-0.1, -0.05) is 6.42 Å². The highest BCUT2D eigenvalue weighted by Crippen LogP contribution is 2.30. The lowest BCUT2D eigenvalue weighted by Crippen LogP contribution is -2.57. The van der Waals surface area contributed by atoms with Crippen molar-refractivity contribution < 1.29 is 23.8 Å². The van der Waals surface area contributed by atoms with Crippen LogP contribution >= 0.6 is 0 Å². The summed E-state index contributed by atoms with van der Waals surface area (Å²) in [6.07, 6.45) is 3.30. The Labute approximate surface area is 147 Å². The molecule has 7 nitrogen and oxygen atoms in total. The van der Waals surface area contributed by atoms with Crippen LogP contribution in [0.2, 0.25) is 0 Å². The molecule has 2 fully saturated rings. The topological polar surface area (TPSA) is 77.1 Å². The maximum Gasteiger partial charge on any atom is 0.323 e. The third-order valence-corrected chi connectivity index (χ3v) is 4.81. The number of benzene rings is 1. The fourth-order valence-corrected chi connectivity index (χ4v) is 3.52. The number of esters is 1. The number of hydrogen-bond donors (Lipinski definition) is 1. The lowest BCUT2D eigenvalue weighted by atomic mass is 9.97. The summed E-state index contributed by atoms with van der Waals surface area (Å²) in [5.74, 6) is 0.599. The molecule has 1 aromatic rings. The number of ether oxygens (including phenoxy) is 3. The predicted octanol–water partition coefficient (Wildman–Crippen LogP) is 1.81. The van der Waals surface area contributed by atoms with Crippen molar-refractivity contribution in [1.82, 2.24) is 4.90 Å². The first kappa shape index (κ1) is 17.5. The van der Waals surface area contributed by atoms with Gasteiger partial charge in [0.15, 0.2) is 11.5 Å². The Balaban J connectivity index is 1.66. The second kappa shape index (κ2) is 7.74. The van der Waals surface area contributed by atoms with Gasteiger partial charge < -0.3 is 19.5 Å². The number of nitrogens with one attached hydrogen (secondary N) is 1. The number of anilines is 1. The largest absolute Gasteiger partial charge is 0.493 e. The highest BCUT2D eigenvalue weighted by atomic mass is 16.5. The Hall–Kier alpha value is -2.28. The van der Waals surface area contributed by atoms with E-state index in [0.717, 1.165) is 25.8 Å². The van der Waals surface area contributed by atoms with Gasteiger partial charge in [0.2, 0.25) is 5.91 Å². The first-order chi connectivity index (χ1) is 12.1. The summed E-state index contributed by atoms with van der Waals surface area (Å²) in [5, 5.41) is 2.82. The molecule has 0 spiro atoms. The number of carbonyl (C=O) groups excluding carboxylic acids is 2. The van der Waals surface area contributed by atoms with Crippen LogP contribution in [-0.4, -0.2) is 56.2 Å². The number of piperidine rings is 1. The molecule has 0 saturated carbocycles. The first-order valence-corrected chi connectivity index (χ1v) is 8.56. The molecule has 136 valence electrons. The average Bonchev–Trinajstić information content (AvgIpc) is 2.64. The maximum absolute atomic E-state index is 12.4. The summed E-state index contributed by atoms with van der Waals surface area (Å²) in [4.78, 5) is 26.7. The van der Waals surface area contributed by atoms with Crippen LogP contribution in [-0.2, 0) is 14.3 Å². The van der Waals surface area contributed by atoms with Crippen LogP contribution in [0, 0.1) is 0 Å². The van der Waals surface area contributed by atoms with Gasteiger partial charge in [0.05, 0.1) is 20.6 Å². The molecular weight excluding hydrogens is 324 g/mol. The Morgan fingerprint density at radius 3 is 2.84 bits per heavy atom.